The number of carbonyl (C=O) groups excluding carboxylic acids is 1. The first kappa shape index (κ1) is 19.4. The average molecular weight is 435 g/mol. The van der Waals surface area contributed by atoms with Gasteiger partial charge in [0.1, 0.15) is 0 Å². The minimum Gasteiger partial charge on any atom is -0.366 e. The molecule has 2 aromatic rings. The topological polar surface area (TPSA) is 32.3 Å². The van der Waals surface area contributed by atoms with Crippen LogP contribution < -0.4 is 10.2 Å². The number of aryl methyl sites for hydroxylation is 2. The van der Waals surface area contributed by atoms with Crippen molar-refractivity contribution in [3.8, 4) is 0 Å². The zero-order valence-electron chi connectivity index (χ0n) is 16.2. The summed E-state index contributed by atoms with van der Waals surface area (Å²) >= 11 is 5.49. The molecule has 2 heterocycles. The number of hydrogen-bond acceptors (Lipinski definition) is 3. The van der Waals surface area contributed by atoms with Crippen LogP contribution in [0.25, 0.3) is 0 Å². The first-order valence-electron chi connectivity index (χ1n) is 9.05. The highest BCUT2D eigenvalue weighted by molar-refractivity contribution is 9.10. The summed E-state index contributed by atoms with van der Waals surface area (Å²) in [6, 6.07) is 4.40. The van der Waals surface area contributed by atoms with Crippen LogP contribution in [-0.4, -0.2) is 12.5 Å². The number of amides is 1. The zero-order chi connectivity index (χ0) is 19.1. The number of hydrogen-bond donors (Lipinski definition) is 1. The molecular weight excluding hydrogens is 408 g/mol. The van der Waals surface area contributed by atoms with E-state index in [1.807, 2.05) is 11.3 Å². The summed E-state index contributed by atoms with van der Waals surface area (Å²) in [4.78, 5) is 16.2. The van der Waals surface area contributed by atoms with Crippen LogP contribution in [0.4, 0.5) is 11.4 Å². The van der Waals surface area contributed by atoms with Gasteiger partial charge in [-0.05, 0) is 70.4 Å². The summed E-state index contributed by atoms with van der Waals surface area (Å²) in [5, 5.41) is 5.32. The van der Waals surface area contributed by atoms with Gasteiger partial charge in [0.15, 0.2) is 0 Å². The molecule has 1 aromatic carbocycles. The predicted molar refractivity (Wildman–Crippen MR) is 115 cm³/mol. The number of rotatable bonds is 3. The molecule has 0 aliphatic carbocycles. The highest BCUT2D eigenvalue weighted by Crippen LogP contribution is 2.35. The van der Waals surface area contributed by atoms with E-state index in [2.05, 4.69) is 78.3 Å². The molecule has 1 amide bonds. The van der Waals surface area contributed by atoms with Crippen molar-refractivity contribution >= 4 is 44.5 Å². The smallest absolute Gasteiger partial charge is 0.224 e. The molecule has 0 saturated heterocycles. The Morgan fingerprint density at radius 1 is 1.27 bits per heavy atom. The fraction of sp³-hybridized carbons (Fsp3) is 0.476. The molecule has 0 radical (unpaired) electrons. The summed E-state index contributed by atoms with van der Waals surface area (Å²) in [7, 11) is 0. The molecule has 3 rings (SSSR count). The Morgan fingerprint density at radius 2 is 1.92 bits per heavy atom. The standard InChI is InChI=1S/C21H27BrN2OS/c1-13-8-15(24-7-6-16-17(22)12-26-18(16)11-24)9-14(2)20(13)23-19(25)10-21(3,4)5/h8-9,12H,6-7,10-11H2,1-5H3,(H,23,25). The molecule has 0 fully saturated rings. The van der Waals surface area contributed by atoms with E-state index in [9.17, 15) is 4.79 Å². The molecule has 1 aliphatic rings. The Labute approximate surface area is 168 Å². The number of benzene rings is 1. The van der Waals surface area contributed by atoms with Crippen LogP contribution in [0, 0.1) is 19.3 Å². The van der Waals surface area contributed by atoms with E-state index in [1.165, 1.54) is 20.6 Å². The number of carbonyl (C=O) groups is 1. The Hall–Kier alpha value is -1.33. The lowest BCUT2D eigenvalue weighted by atomic mass is 9.92. The van der Waals surface area contributed by atoms with Crippen LogP contribution in [-0.2, 0) is 17.8 Å². The van der Waals surface area contributed by atoms with Gasteiger partial charge in [-0.3, -0.25) is 4.79 Å². The summed E-state index contributed by atoms with van der Waals surface area (Å²) in [6.45, 7) is 12.4. The lowest BCUT2D eigenvalue weighted by molar-refractivity contribution is -0.117. The van der Waals surface area contributed by atoms with Gasteiger partial charge in [-0.15, -0.1) is 11.3 Å². The summed E-state index contributed by atoms with van der Waals surface area (Å²) < 4.78 is 1.25. The average Bonchev–Trinajstić information content (AvgIpc) is 2.90. The van der Waals surface area contributed by atoms with Crippen molar-refractivity contribution in [2.45, 2.75) is 54.0 Å². The van der Waals surface area contributed by atoms with Crippen LogP contribution in [0.1, 0.15) is 48.8 Å². The molecule has 0 atom stereocenters. The molecule has 26 heavy (non-hydrogen) atoms. The molecule has 0 spiro atoms. The lowest BCUT2D eigenvalue weighted by Gasteiger charge is -2.30. The van der Waals surface area contributed by atoms with Gasteiger partial charge in [-0.1, -0.05) is 20.8 Å². The first-order valence-corrected chi connectivity index (χ1v) is 10.7. The second-order valence-electron chi connectivity index (χ2n) is 8.40. The minimum atomic E-state index is -0.00762. The quantitative estimate of drug-likeness (QED) is 0.635. The van der Waals surface area contributed by atoms with Gasteiger partial charge < -0.3 is 10.2 Å². The molecule has 1 N–H and O–H groups in total. The molecular formula is C21H27BrN2OS. The van der Waals surface area contributed by atoms with Gasteiger partial charge >= 0.3 is 0 Å². The second kappa shape index (κ2) is 7.35. The summed E-state index contributed by atoms with van der Waals surface area (Å²) in [6.07, 6.45) is 1.59. The van der Waals surface area contributed by atoms with Gasteiger partial charge in [0.05, 0.1) is 6.54 Å². The van der Waals surface area contributed by atoms with E-state index < -0.39 is 0 Å². The van der Waals surface area contributed by atoms with Crippen molar-refractivity contribution < 1.29 is 4.79 Å². The maximum atomic E-state index is 12.3. The van der Waals surface area contributed by atoms with Crippen molar-refractivity contribution in [1.82, 2.24) is 0 Å². The highest BCUT2D eigenvalue weighted by Gasteiger charge is 2.22. The van der Waals surface area contributed by atoms with Crippen LogP contribution in [0.3, 0.4) is 0 Å². The third-order valence-corrected chi connectivity index (χ3v) is 6.76. The number of nitrogens with one attached hydrogen (secondary N) is 1. The maximum absolute atomic E-state index is 12.3. The van der Waals surface area contributed by atoms with Gasteiger partial charge in [0.2, 0.25) is 5.91 Å². The van der Waals surface area contributed by atoms with E-state index in [0.717, 1.165) is 36.3 Å². The Morgan fingerprint density at radius 3 is 2.54 bits per heavy atom. The Kier molecular flexibility index (Phi) is 5.50. The normalized spacial score (nSPS) is 14.3. The largest absolute Gasteiger partial charge is 0.366 e. The van der Waals surface area contributed by atoms with Crippen molar-refractivity contribution in [3.05, 3.63) is 43.6 Å². The highest BCUT2D eigenvalue weighted by atomic mass is 79.9. The maximum Gasteiger partial charge on any atom is 0.224 e. The van der Waals surface area contributed by atoms with Gasteiger partial charge in [-0.25, -0.2) is 0 Å². The van der Waals surface area contributed by atoms with Gasteiger partial charge in [0.25, 0.3) is 0 Å². The summed E-state index contributed by atoms with van der Waals surface area (Å²) in [5.74, 6) is 0.0856. The Bertz CT molecular complexity index is 812. The van der Waals surface area contributed by atoms with Crippen LogP contribution in [0.2, 0.25) is 0 Å². The predicted octanol–water partition coefficient (Wildman–Crippen LogP) is 6.06. The fourth-order valence-electron chi connectivity index (χ4n) is 3.50. The molecule has 0 unspecified atom stereocenters. The van der Waals surface area contributed by atoms with E-state index in [1.54, 1.807) is 0 Å². The monoisotopic (exact) mass is 434 g/mol. The Balaban J connectivity index is 1.78. The van der Waals surface area contributed by atoms with E-state index in [-0.39, 0.29) is 11.3 Å². The van der Waals surface area contributed by atoms with E-state index >= 15 is 0 Å². The second-order valence-corrected chi connectivity index (χ2v) is 10.2. The van der Waals surface area contributed by atoms with E-state index in [4.69, 9.17) is 0 Å². The lowest BCUT2D eigenvalue weighted by Crippen LogP contribution is -2.29. The summed E-state index contributed by atoms with van der Waals surface area (Å²) in [5.41, 5.74) is 5.90. The first-order chi connectivity index (χ1) is 12.1. The number of halogens is 1. The third kappa shape index (κ3) is 4.32. The number of nitrogens with zero attached hydrogens (tertiary/aromatic N) is 1. The SMILES string of the molecule is Cc1cc(N2CCc3c(Br)csc3C2)cc(C)c1NC(=O)CC(C)(C)C. The van der Waals surface area contributed by atoms with Gasteiger partial charge in [0, 0.05) is 39.1 Å². The molecule has 140 valence electrons. The van der Waals surface area contributed by atoms with Crippen molar-refractivity contribution in [1.29, 1.82) is 0 Å². The number of fused-ring (bicyclic) bond motifs is 1. The molecule has 0 saturated carbocycles. The van der Waals surface area contributed by atoms with Gasteiger partial charge in [-0.2, -0.15) is 0 Å². The number of anilines is 2. The number of thiophene rings is 1. The molecule has 5 heteroatoms. The fourth-order valence-corrected chi connectivity index (χ4v) is 5.32. The van der Waals surface area contributed by atoms with Crippen molar-refractivity contribution in [2.24, 2.45) is 5.41 Å². The van der Waals surface area contributed by atoms with Crippen LogP contribution in [0.15, 0.2) is 22.0 Å². The molecule has 1 aliphatic heterocycles. The molecule has 1 aromatic heterocycles. The van der Waals surface area contributed by atoms with Crippen LogP contribution >= 0.6 is 27.3 Å². The molecule has 3 nitrogen and oxygen atoms in total. The zero-order valence-corrected chi connectivity index (χ0v) is 18.6. The molecule has 0 bridgehead atoms. The van der Waals surface area contributed by atoms with Crippen molar-refractivity contribution in [3.63, 3.8) is 0 Å². The van der Waals surface area contributed by atoms with Crippen molar-refractivity contribution in [2.75, 3.05) is 16.8 Å². The van der Waals surface area contributed by atoms with E-state index in [0.29, 0.717) is 6.42 Å². The van der Waals surface area contributed by atoms with Crippen LogP contribution in [0.5, 0.6) is 0 Å². The third-order valence-electron chi connectivity index (χ3n) is 4.73. The minimum absolute atomic E-state index is 0.00762.